The summed E-state index contributed by atoms with van der Waals surface area (Å²) in [6.45, 7) is 1.92. The summed E-state index contributed by atoms with van der Waals surface area (Å²) in [5, 5.41) is 0. The van der Waals surface area contributed by atoms with E-state index in [0.717, 1.165) is 36.5 Å². The Kier molecular flexibility index (Phi) is 5.46. The van der Waals surface area contributed by atoms with Crippen molar-refractivity contribution in [3.8, 4) is 0 Å². The van der Waals surface area contributed by atoms with Crippen molar-refractivity contribution < 1.29 is 4.79 Å². The van der Waals surface area contributed by atoms with E-state index in [9.17, 15) is 4.79 Å². The number of nitrogens with one attached hydrogen (secondary N) is 1. The van der Waals surface area contributed by atoms with Gasteiger partial charge in [-0.15, -0.1) is 0 Å². The topological polar surface area (TPSA) is 96.7 Å². The number of carbonyl (C=O) groups excluding carboxylic acids is 1. The molecular formula is C14H21N5OS. The Balaban J connectivity index is 2.37. The van der Waals surface area contributed by atoms with E-state index in [0.29, 0.717) is 5.56 Å². The molecule has 21 heavy (non-hydrogen) atoms. The molecule has 1 amide bonds. The minimum Gasteiger partial charge on any atom is -0.371 e. The van der Waals surface area contributed by atoms with E-state index in [-0.39, 0.29) is 5.96 Å². The smallest absolute Gasteiger partial charge is 0.282 e. The van der Waals surface area contributed by atoms with E-state index in [1.807, 2.05) is 25.2 Å². The van der Waals surface area contributed by atoms with E-state index in [1.54, 1.807) is 0 Å². The fraction of sp³-hybridized carbons (Fsp3) is 0.429. The minimum absolute atomic E-state index is 0.212. The molecule has 0 saturated carbocycles. The molecule has 7 heteroatoms. The van der Waals surface area contributed by atoms with Gasteiger partial charge in [0.2, 0.25) is 0 Å². The van der Waals surface area contributed by atoms with Gasteiger partial charge in [0.05, 0.1) is 5.56 Å². The Morgan fingerprint density at radius 1 is 1.29 bits per heavy atom. The van der Waals surface area contributed by atoms with Crippen molar-refractivity contribution in [2.45, 2.75) is 24.2 Å². The van der Waals surface area contributed by atoms with Gasteiger partial charge in [0, 0.05) is 23.7 Å². The first-order valence-electron chi connectivity index (χ1n) is 6.98. The molecule has 1 aliphatic rings. The number of nitrogens with zero attached hydrogens (tertiary/aromatic N) is 2. The van der Waals surface area contributed by atoms with Crippen LogP contribution in [0.25, 0.3) is 0 Å². The van der Waals surface area contributed by atoms with Gasteiger partial charge >= 0.3 is 0 Å². The number of aliphatic imine (C=N–C) groups is 1. The maximum atomic E-state index is 12.3. The van der Waals surface area contributed by atoms with Crippen LogP contribution in [0.1, 0.15) is 29.6 Å². The van der Waals surface area contributed by atoms with Crippen LogP contribution in [0, 0.1) is 0 Å². The van der Waals surface area contributed by atoms with Gasteiger partial charge < -0.3 is 16.4 Å². The molecule has 0 radical (unpaired) electrons. The molecule has 1 aliphatic heterocycles. The molecule has 5 N–H and O–H groups in total. The van der Waals surface area contributed by atoms with Crippen LogP contribution in [0.5, 0.6) is 0 Å². The Bertz CT molecular complexity index is 536. The summed E-state index contributed by atoms with van der Waals surface area (Å²) in [4.78, 5) is 19.1. The number of guanidine groups is 1. The lowest BCUT2D eigenvalue weighted by molar-refractivity contribution is 0.100. The molecule has 1 saturated heterocycles. The van der Waals surface area contributed by atoms with E-state index < -0.39 is 5.91 Å². The van der Waals surface area contributed by atoms with E-state index in [2.05, 4.69) is 14.6 Å². The van der Waals surface area contributed by atoms with Crippen molar-refractivity contribution in [2.75, 3.05) is 25.0 Å². The van der Waals surface area contributed by atoms with Crippen LogP contribution in [-0.4, -0.2) is 32.0 Å². The fourth-order valence-electron chi connectivity index (χ4n) is 2.46. The number of piperidine rings is 1. The first-order chi connectivity index (χ1) is 10.1. The van der Waals surface area contributed by atoms with E-state index in [4.69, 9.17) is 11.5 Å². The highest BCUT2D eigenvalue weighted by atomic mass is 32.2. The third-order valence-electron chi connectivity index (χ3n) is 3.35. The molecule has 0 bridgehead atoms. The summed E-state index contributed by atoms with van der Waals surface area (Å²) in [5.41, 5.74) is 12.1. The standard InChI is InChI=1S/C14H21N5OS/c1-17-21-10-5-6-12(19-7-3-2-4-8-19)11(9-10)13(20)18-14(15)16/h5-6,9,17H,2-4,7-8H2,1H3,(H4,15,16,18,20). The number of benzene rings is 1. The zero-order valence-electron chi connectivity index (χ0n) is 12.1. The average molecular weight is 307 g/mol. The van der Waals surface area contributed by atoms with Crippen molar-refractivity contribution in [1.29, 1.82) is 0 Å². The highest BCUT2D eigenvalue weighted by Crippen LogP contribution is 2.28. The maximum absolute atomic E-state index is 12.3. The van der Waals surface area contributed by atoms with Gasteiger partial charge in [-0.25, -0.2) is 0 Å². The van der Waals surface area contributed by atoms with Crippen LogP contribution in [-0.2, 0) is 0 Å². The average Bonchev–Trinajstić information content (AvgIpc) is 2.48. The summed E-state index contributed by atoms with van der Waals surface area (Å²) in [6.07, 6.45) is 3.52. The van der Waals surface area contributed by atoms with Crippen LogP contribution in [0.15, 0.2) is 28.1 Å². The van der Waals surface area contributed by atoms with Gasteiger partial charge in [-0.2, -0.15) is 4.99 Å². The van der Waals surface area contributed by atoms with Crippen LogP contribution in [0.3, 0.4) is 0 Å². The quantitative estimate of drug-likeness (QED) is 0.441. The highest BCUT2D eigenvalue weighted by molar-refractivity contribution is 7.97. The summed E-state index contributed by atoms with van der Waals surface area (Å²) >= 11 is 1.45. The van der Waals surface area contributed by atoms with Crippen molar-refractivity contribution in [1.82, 2.24) is 4.72 Å². The van der Waals surface area contributed by atoms with E-state index in [1.165, 1.54) is 18.4 Å². The molecule has 2 rings (SSSR count). The third-order valence-corrected chi connectivity index (χ3v) is 4.04. The van der Waals surface area contributed by atoms with Crippen LogP contribution < -0.4 is 21.1 Å². The molecule has 114 valence electrons. The molecule has 0 atom stereocenters. The van der Waals surface area contributed by atoms with Gasteiger partial charge in [0.15, 0.2) is 5.96 Å². The van der Waals surface area contributed by atoms with Gasteiger partial charge in [-0.1, -0.05) is 0 Å². The van der Waals surface area contributed by atoms with E-state index >= 15 is 0 Å². The second-order valence-electron chi connectivity index (χ2n) is 4.87. The predicted molar refractivity (Wildman–Crippen MR) is 87.6 cm³/mol. The number of hydrogen-bond donors (Lipinski definition) is 3. The lowest BCUT2D eigenvalue weighted by Gasteiger charge is -2.30. The normalized spacial score (nSPS) is 14.8. The number of carbonyl (C=O) groups is 1. The predicted octanol–water partition coefficient (Wildman–Crippen LogP) is 1.32. The molecule has 0 aliphatic carbocycles. The zero-order valence-corrected chi connectivity index (χ0v) is 12.9. The lowest BCUT2D eigenvalue weighted by Crippen LogP contribution is -2.31. The highest BCUT2D eigenvalue weighted by Gasteiger charge is 2.19. The first kappa shape index (κ1) is 15.7. The second-order valence-corrected chi connectivity index (χ2v) is 5.96. The number of anilines is 1. The fourth-order valence-corrected chi connectivity index (χ4v) is 3.00. The maximum Gasteiger partial charge on any atom is 0.282 e. The molecule has 1 heterocycles. The molecule has 0 spiro atoms. The molecular weight excluding hydrogens is 286 g/mol. The van der Waals surface area contributed by atoms with Crippen molar-refractivity contribution in [3.63, 3.8) is 0 Å². The molecule has 1 fully saturated rings. The Hall–Kier alpha value is -1.73. The van der Waals surface area contributed by atoms with Crippen molar-refractivity contribution in [3.05, 3.63) is 23.8 Å². The number of rotatable bonds is 4. The zero-order chi connectivity index (χ0) is 15.2. The summed E-state index contributed by atoms with van der Waals surface area (Å²) in [6, 6.07) is 5.80. The molecule has 0 unspecified atom stereocenters. The Morgan fingerprint density at radius 2 is 2.00 bits per heavy atom. The second kappa shape index (κ2) is 7.33. The van der Waals surface area contributed by atoms with Gasteiger partial charge in [-0.05, 0) is 56.5 Å². The Labute approximate surface area is 129 Å². The van der Waals surface area contributed by atoms with Crippen molar-refractivity contribution in [2.24, 2.45) is 16.5 Å². The Morgan fingerprint density at radius 3 is 2.62 bits per heavy atom. The SMILES string of the molecule is CNSc1ccc(N2CCCCC2)c(C(=O)N=C(N)N)c1. The first-order valence-corrected chi connectivity index (χ1v) is 7.80. The molecule has 6 nitrogen and oxygen atoms in total. The summed E-state index contributed by atoms with van der Waals surface area (Å²) in [5.74, 6) is -0.606. The third kappa shape index (κ3) is 4.12. The molecule has 0 aromatic heterocycles. The van der Waals surface area contributed by atoms with Gasteiger partial charge in [0.1, 0.15) is 0 Å². The van der Waals surface area contributed by atoms with Crippen LogP contribution >= 0.6 is 11.9 Å². The molecule has 1 aromatic carbocycles. The monoisotopic (exact) mass is 307 g/mol. The van der Waals surface area contributed by atoms with Gasteiger partial charge in [0.25, 0.3) is 5.91 Å². The molecule has 1 aromatic rings. The number of hydrogen-bond acceptors (Lipinski definition) is 4. The minimum atomic E-state index is -0.394. The summed E-state index contributed by atoms with van der Waals surface area (Å²) in [7, 11) is 1.83. The number of nitrogens with two attached hydrogens (primary N) is 2. The lowest BCUT2D eigenvalue weighted by atomic mass is 10.1. The van der Waals surface area contributed by atoms with Gasteiger partial charge in [-0.3, -0.25) is 9.52 Å². The van der Waals surface area contributed by atoms with Crippen molar-refractivity contribution >= 4 is 29.5 Å². The van der Waals surface area contributed by atoms with Crippen LogP contribution in [0.4, 0.5) is 5.69 Å². The van der Waals surface area contributed by atoms with Crippen LogP contribution in [0.2, 0.25) is 0 Å². The summed E-state index contributed by atoms with van der Waals surface area (Å²) < 4.78 is 3.00. The largest absolute Gasteiger partial charge is 0.371 e. The number of amides is 1.